The van der Waals surface area contributed by atoms with E-state index < -0.39 is 7.21 Å². The molecule has 1 aliphatic heterocycles. The van der Waals surface area contributed by atoms with Gasteiger partial charge in [-0.3, -0.25) is 4.67 Å². The van der Waals surface area contributed by atoms with Crippen LogP contribution >= 0.6 is 18.8 Å². The molecule has 182 valence electrons. The van der Waals surface area contributed by atoms with Gasteiger partial charge in [0.2, 0.25) is 0 Å². The van der Waals surface area contributed by atoms with Crippen molar-refractivity contribution in [3.05, 3.63) is 77.1 Å². The van der Waals surface area contributed by atoms with Crippen molar-refractivity contribution in [1.82, 2.24) is 14.1 Å². The molecule has 4 rings (SSSR count). The number of aromatic nitrogens is 1. The van der Waals surface area contributed by atoms with Gasteiger partial charge in [-0.2, -0.15) is 0 Å². The molecule has 6 heteroatoms. The molecular formula is C28H38ClN4P. The molecule has 0 bridgehead atoms. The molecule has 1 atom stereocenters. The zero-order chi connectivity index (χ0) is 24.5. The van der Waals surface area contributed by atoms with E-state index in [9.17, 15) is 0 Å². The fourth-order valence-corrected chi connectivity index (χ4v) is 10.2. The van der Waals surface area contributed by atoms with Crippen molar-refractivity contribution in [3.8, 4) is 5.69 Å². The fourth-order valence-electron chi connectivity index (χ4n) is 5.28. The topological polar surface area (TPSA) is 23.8 Å². The average molecular weight is 497 g/mol. The van der Waals surface area contributed by atoms with Crippen molar-refractivity contribution >= 4 is 29.8 Å². The summed E-state index contributed by atoms with van der Waals surface area (Å²) in [5.74, 6) is 0. The smallest absolute Gasteiger partial charge is 0.0819 e. The summed E-state index contributed by atoms with van der Waals surface area (Å²) < 4.78 is 10.8. The largest absolute Gasteiger partial charge is 0.320 e. The summed E-state index contributed by atoms with van der Waals surface area (Å²) in [7, 11) is -2.24. The van der Waals surface area contributed by atoms with Crippen molar-refractivity contribution in [3.63, 3.8) is 0 Å². The third kappa shape index (κ3) is 4.54. The molecule has 4 nitrogen and oxygen atoms in total. The van der Waals surface area contributed by atoms with E-state index in [2.05, 4.69) is 98.3 Å². The van der Waals surface area contributed by atoms with E-state index in [1.54, 1.807) is 0 Å². The number of halogens is 1. The molecule has 0 saturated carbocycles. The highest BCUT2D eigenvalue weighted by Crippen LogP contribution is 2.65. The highest BCUT2D eigenvalue weighted by Gasteiger charge is 2.45. The molecule has 1 aromatic heterocycles. The normalized spacial score (nSPS) is 17.5. The van der Waals surface area contributed by atoms with Gasteiger partial charge >= 0.3 is 0 Å². The van der Waals surface area contributed by atoms with Crippen LogP contribution in [0.1, 0.15) is 39.0 Å². The number of para-hydroxylation sites is 1. The number of aryl methyl sites for hydroxylation is 1. The van der Waals surface area contributed by atoms with E-state index >= 15 is 0 Å². The monoisotopic (exact) mass is 496 g/mol. The Morgan fingerprint density at radius 3 is 2.12 bits per heavy atom. The van der Waals surface area contributed by atoms with E-state index in [-0.39, 0.29) is 5.16 Å². The summed E-state index contributed by atoms with van der Waals surface area (Å²) in [6, 6.07) is 18.7. The van der Waals surface area contributed by atoms with E-state index in [4.69, 9.17) is 16.3 Å². The van der Waals surface area contributed by atoms with Crippen LogP contribution in [-0.2, 0) is 0 Å². The van der Waals surface area contributed by atoms with Gasteiger partial charge in [0.05, 0.1) is 17.9 Å². The molecule has 3 aromatic rings. The Morgan fingerprint density at radius 1 is 0.912 bits per heavy atom. The third-order valence-corrected chi connectivity index (χ3v) is 12.2. The number of hydrogen-bond donors (Lipinski definition) is 0. The number of piperazine rings is 1. The summed E-state index contributed by atoms with van der Waals surface area (Å²) in [6.45, 7) is 19.2. The van der Waals surface area contributed by atoms with Gasteiger partial charge in [0.25, 0.3) is 0 Å². The van der Waals surface area contributed by atoms with Crippen molar-refractivity contribution in [1.29, 1.82) is 0 Å². The van der Waals surface area contributed by atoms with Crippen LogP contribution in [0.4, 0.5) is 5.69 Å². The summed E-state index contributed by atoms with van der Waals surface area (Å²) >= 11 is 6.73. The lowest BCUT2D eigenvalue weighted by Gasteiger charge is -2.49. The van der Waals surface area contributed by atoms with Gasteiger partial charge in [-0.15, -0.1) is 0 Å². The predicted octanol–water partition coefficient (Wildman–Crippen LogP) is 7.26. The summed E-state index contributed by atoms with van der Waals surface area (Å²) in [5, 5.41) is 2.05. The van der Waals surface area contributed by atoms with E-state index in [0.29, 0.717) is 0 Å². The average Bonchev–Trinajstić information content (AvgIpc) is 3.12. The van der Waals surface area contributed by atoms with Crippen molar-refractivity contribution in [2.75, 3.05) is 32.7 Å². The fraction of sp³-hybridized carbons (Fsp3) is 0.429. The van der Waals surface area contributed by atoms with Gasteiger partial charge < -0.3 is 9.47 Å². The number of rotatable bonds is 5. The van der Waals surface area contributed by atoms with Gasteiger partial charge in [0.1, 0.15) is 0 Å². The molecule has 0 radical (unpaired) electrons. The summed E-state index contributed by atoms with van der Waals surface area (Å²) in [6.07, 6.45) is 2.30. The minimum atomic E-state index is -2.24. The zero-order valence-corrected chi connectivity index (χ0v) is 23.1. The molecule has 0 N–H and O–H groups in total. The molecule has 2 heterocycles. The maximum atomic E-state index is 6.73. The summed E-state index contributed by atoms with van der Waals surface area (Å²) in [5.41, 5.74) is 4.67. The molecule has 1 saturated heterocycles. The molecule has 2 aromatic carbocycles. The molecule has 0 aliphatic carbocycles. The maximum Gasteiger partial charge on any atom is 0.0819 e. The Morgan fingerprint density at radius 2 is 1.53 bits per heavy atom. The molecular weight excluding hydrogens is 459 g/mol. The lowest BCUT2D eigenvalue weighted by atomic mass is 10.2. The third-order valence-electron chi connectivity index (χ3n) is 6.99. The first-order valence-electron chi connectivity index (χ1n) is 12.3. The Labute approximate surface area is 210 Å². The number of benzene rings is 2. The second-order valence-corrected chi connectivity index (χ2v) is 14.3. The quantitative estimate of drug-likeness (QED) is 0.347. The second kappa shape index (κ2) is 10.0. The lowest BCUT2D eigenvalue weighted by molar-refractivity contribution is 0.198. The lowest BCUT2D eigenvalue weighted by Crippen LogP contribution is -2.49. The van der Waals surface area contributed by atoms with Gasteiger partial charge in [-0.25, -0.2) is 4.74 Å². The van der Waals surface area contributed by atoms with Crippen molar-refractivity contribution in [2.24, 2.45) is 4.74 Å². The Bertz CT molecular complexity index is 1180. The van der Waals surface area contributed by atoms with Crippen LogP contribution in [0, 0.1) is 13.8 Å². The molecule has 1 aliphatic rings. The number of nitrogens with zero attached hydrogens (tertiary/aromatic N) is 4. The van der Waals surface area contributed by atoms with E-state index in [0.717, 1.165) is 43.4 Å². The molecule has 1 fully saturated rings. The minimum absolute atomic E-state index is 0.0705. The van der Waals surface area contributed by atoms with Gasteiger partial charge in [-0.05, 0) is 50.2 Å². The van der Waals surface area contributed by atoms with Crippen molar-refractivity contribution < 1.29 is 0 Å². The Hall–Kier alpha value is -1.84. The molecule has 0 amide bonds. The first-order valence-corrected chi connectivity index (χ1v) is 14.4. The standard InChI is InChI=1S/C28H38ClN4P/c1-7-31-17-19-32(20-18-31)34(28(4,5)6,30-26-16-12-11-15-25(26)29)27-22(2)21-33(23(27)3)24-13-9-8-10-14-24/h8-16,21H,7,17-20H2,1-6H3/t34-/m0/s1. The number of hydrogen-bond acceptors (Lipinski definition) is 2. The summed E-state index contributed by atoms with van der Waals surface area (Å²) in [4.78, 5) is 2.54. The SMILES string of the molecule is CCN1CCN([P@@](=Nc2ccccc2Cl)(c2c(C)cn(-c3ccccc3)c2C)C(C)(C)C)CC1. The zero-order valence-electron chi connectivity index (χ0n) is 21.4. The van der Waals surface area contributed by atoms with E-state index in [1.807, 2.05) is 18.2 Å². The first-order chi connectivity index (χ1) is 16.2. The van der Waals surface area contributed by atoms with Crippen molar-refractivity contribution in [2.45, 2.75) is 46.7 Å². The van der Waals surface area contributed by atoms with Crippen LogP contribution in [0.25, 0.3) is 5.69 Å². The Balaban J connectivity index is 2.03. The molecule has 0 spiro atoms. The maximum absolute atomic E-state index is 6.73. The van der Waals surface area contributed by atoms with Crippen LogP contribution in [0.15, 0.2) is 65.5 Å². The highest BCUT2D eigenvalue weighted by atomic mass is 35.5. The van der Waals surface area contributed by atoms with Crippen LogP contribution in [0.3, 0.4) is 0 Å². The molecule has 0 unspecified atom stereocenters. The van der Waals surface area contributed by atoms with Gasteiger partial charge in [-0.1, -0.05) is 69.6 Å². The second-order valence-electron chi connectivity index (χ2n) is 10.2. The Kier molecular flexibility index (Phi) is 7.45. The van der Waals surface area contributed by atoms with Gasteiger partial charge in [0.15, 0.2) is 0 Å². The van der Waals surface area contributed by atoms with Crippen LogP contribution in [0.2, 0.25) is 5.02 Å². The minimum Gasteiger partial charge on any atom is -0.320 e. The highest BCUT2D eigenvalue weighted by molar-refractivity contribution is 7.73. The first kappa shape index (κ1) is 25.3. The molecule has 34 heavy (non-hydrogen) atoms. The van der Waals surface area contributed by atoms with Crippen LogP contribution in [-0.4, -0.2) is 52.0 Å². The number of likely N-dealkylation sites (N-methyl/N-ethyl adjacent to an activating group) is 1. The van der Waals surface area contributed by atoms with Crippen LogP contribution < -0.4 is 5.30 Å². The van der Waals surface area contributed by atoms with Crippen LogP contribution in [0.5, 0.6) is 0 Å². The van der Waals surface area contributed by atoms with Gasteiger partial charge in [0, 0.05) is 54.2 Å². The predicted molar refractivity (Wildman–Crippen MR) is 149 cm³/mol. The van der Waals surface area contributed by atoms with E-state index in [1.165, 1.54) is 22.2 Å².